The third-order valence-corrected chi connectivity index (χ3v) is 3.94. The molecular formula is C12H15BrN2OS. The van der Waals surface area contributed by atoms with Crippen LogP contribution in [0.1, 0.15) is 12.0 Å². The van der Waals surface area contributed by atoms with Gasteiger partial charge in [0, 0.05) is 23.7 Å². The molecule has 0 saturated carbocycles. The summed E-state index contributed by atoms with van der Waals surface area (Å²) in [5.41, 5.74) is 7.63. The van der Waals surface area contributed by atoms with Crippen LogP contribution in [0.3, 0.4) is 0 Å². The molecule has 0 radical (unpaired) electrons. The number of nitrogens with two attached hydrogens (primary N) is 1. The van der Waals surface area contributed by atoms with Gasteiger partial charge in [-0.3, -0.25) is 0 Å². The van der Waals surface area contributed by atoms with Crippen molar-refractivity contribution < 1.29 is 4.74 Å². The predicted molar refractivity (Wildman–Crippen MR) is 77.7 cm³/mol. The van der Waals surface area contributed by atoms with E-state index in [1.54, 1.807) is 0 Å². The molecule has 17 heavy (non-hydrogen) atoms. The number of hydrogen-bond acceptors (Lipinski definition) is 3. The van der Waals surface area contributed by atoms with Gasteiger partial charge in [-0.15, -0.1) is 0 Å². The van der Waals surface area contributed by atoms with Gasteiger partial charge < -0.3 is 15.4 Å². The van der Waals surface area contributed by atoms with Gasteiger partial charge in [0.1, 0.15) is 4.99 Å². The molecule has 1 fully saturated rings. The van der Waals surface area contributed by atoms with Crippen molar-refractivity contribution in [2.75, 3.05) is 25.2 Å². The maximum atomic E-state index is 5.61. The second kappa shape index (κ2) is 5.33. The van der Waals surface area contributed by atoms with E-state index in [-0.39, 0.29) is 0 Å². The Morgan fingerprint density at radius 2 is 2.35 bits per heavy atom. The number of nitrogens with zero attached hydrogens (tertiary/aromatic N) is 1. The summed E-state index contributed by atoms with van der Waals surface area (Å²) >= 11 is 8.53. The maximum absolute atomic E-state index is 5.61. The fourth-order valence-electron chi connectivity index (χ4n) is 1.97. The van der Waals surface area contributed by atoms with Crippen molar-refractivity contribution in [1.82, 2.24) is 0 Å². The summed E-state index contributed by atoms with van der Waals surface area (Å²) in [5, 5.41) is 0. The molecule has 1 atom stereocenters. The molecule has 0 aromatic heterocycles. The van der Waals surface area contributed by atoms with Crippen molar-refractivity contribution in [3.63, 3.8) is 0 Å². The number of ether oxygens (including phenoxy) is 1. The first-order valence-corrected chi connectivity index (χ1v) is 6.69. The zero-order valence-electron chi connectivity index (χ0n) is 9.65. The lowest BCUT2D eigenvalue weighted by molar-refractivity contribution is 0.193. The van der Waals surface area contributed by atoms with E-state index in [0.717, 1.165) is 35.4 Å². The molecule has 1 heterocycles. The van der Waals surface area contributed by atoms with Crippen LogP contribution in [0.25, 0.3) is 0 Å². The zero-order chi connectivity index (χ0) is 12.4. The largest absolute Gasteiger partial charge is 0.389 e. The lowest BCUT2D eigenvalue weighted by Gasteiger charge is -2.26. The van der Waals surface area contributed by atoms with Crippen LogP contribution in [-0.4, -0.2) is 31.3 Å². The molecule has 0 amide bonds. The zero-order valence-corrected chi connectivity index (χ0v) is 12.1. The van der Waals surface area contributed by atoms with Crippen molar-refractivity contribution in [3.8, 4) is 0 Å². The molecule has 92 valence electrons. The lowest BCUT2D eigenvalue weighted by atomic mass is 10.1. The average molecular weight is 315 g/mol. The Bertz CT molecular complexity index is 433. The molecule has 1 aliphatic heterocycles. The number of thiocarbonyl (C=S) groups is 1. The molecule has 1 aromatic rings. The van der Waals surface area contributed by atoms with Crippen molar-refractivity contribution >= 4 is 38.8 Å². The minimum atomic E-state index is 0.420. The van der Waals surface area contributed by atoms with Crippen LogP contribution in [0.5, 0.6) is 0 Å². The van der Waals surface area contributed by atoms with Gasteiger partial charge in [-0.25, -0.2) is 0 Å². The number of anilines is 1. The number of rotatable bonds is 3. The Balaban J connectivity index is 2.23. The van der Waals surface area contributed by atoms with Crippen molar-refractivity contribution in [1.29, 1.82) is 0 Å². The van der Waals surface area contributed by atoms with Crippen LogP contribution < -0.4 is 10.6 Å². The highest BCUT2D eigenvalue weighted by Gasteiger charge is 2.21. The minimum absolute atomic E-state index is 0.420. The van der Waals surface area contributed by atoms with Crippen LogP contribution in [0.2, 0.25) is 0 Å². The molecule has 0 aliphatic carbocycles. The number of halogens is 1. The van der Waals surface area contributed by atoms with E-state index in [1.165, 1.54) is 0 Å². The smallest absolute Gasteiger partial charge is 0.104 e. The second-order valence-electron chi connectivity index (χ2n) is 4.16. The van der Waals surface area contributed by atoms with Crippen molar-refractivity contribution in [3.05, 3.63) is 28.2 Å². The van der Waals surface area contributed by atoms with Gasteiger partial charge in [-0.1, -0.05) is 12.2 Å². The van der Waals surface area contributed by atoms with Crippen molar-refractivity contribution in [2.45, 2.75) is 12.5 Å². The van der Waals surface area contributed by atoms with E-state index in [1.807, 2.05) is 18.2 Å². The molecule has 1 unspecified atom stereocenters. The van der Waals surface area contributed by atoms with Gasteiger partial charge in [0.05, 0.1) is 18.3 Å². The Hall–Kier alpha value is -0.650. The first-order valence-electron chi connectivity index (χ1n) is 5.49. The molecule has 0 bridgehead atoms. The topological polar surface area (TPSA) is 38.5 Å². The first kappa shape index (κ1) is 12.8. The Labute approximate surface area is 115 Å². The Morgan fingerprint density at radius 3 is 2.88 bits per heavy atom. The van der Waals surface area contributed by atoms with Crippen LogP contribution in [0.4, 0.5) is 5.69 Å². The second-order valence-corrected chi connectivity index (χ2v) is 5.45. The normalized spacial score (nSPS) is 19.3. The van der Waals surface area contributed by atoms with Crippen LogP contribution in [0, 0.1) is 0 Å². The highest BCUT2D eigenvalue weighted by molar-refractivity contribution is 9.10. The van der Waals surface area contributed by atoms with Crippen molar-refractivity contribution in [2.24, 2.45) is 5.73 Å². The fraction of sp³-hybridized carbons (Fsp3) is 0.417. The van der Waals surface area contributed by atoms with Gasteiger partial charge in [0.2, 0.25) is 0 Å². The molecule has 0 spiro atoms. The summed E-state index contributed by atoms with van der Waals surface area (Å²) in [6.45, 7) is 1.64. The summed E-state index contributed by atoms with van der Waals surface area (Å²) in [4.78, 5) is 2.66. The summed E-state index contributed by atoms with van der Waals surface area (Å²) in [7, 11) is 2.08. The molecule has 3 nitrogen and oxygen atoms in total. The molecule has 1 aliphatic rings. The van der Waals surface area contributed by atoms with E-state index >= 15 is 0 Å². The predicted octanol–water partition coefficient (Wildman–Crippen LogP) is 2.31. The van der Waals surface area contributed by atoms with E-state index in [0.29, 0.717) is 11.0 Å². The lowest BCUT2D eigenvalue weighted by Crippen LogP contribution is -2.32. The number of benzene rings is 1. The monoisotopic (exact) mass is 314 g/mol. The quantitative estimate of drug-likeness (QED) is 0.869. The number of likely N-dealkylation sites (N-methyl/N-ethyl adjacent to an activating group) is 1. The molecule has 5 heteroatoms. The average Bonchev–Trinajstić information content (AvgIpc) is 2.81. The van der Waals surface area contributed by atoms with E-state index in [4.69, 9.17) is 22.7 Å². The van der Waals surface area contributed by atoms with Crippen LogP contribution in [0.15, 0.2) is 22.7 Å². The summed E-state index contributed by atoms with van der Waals surface area (Å²) < 4.78 is 6.42. The van der Waals surface area contributed by atoms with Gasteiger partial charge in [-0.05, 0) is 40.5 Å². The summed E-state index contributed by atoms with van der Waals surface area (Å²) in [6.07, 6.45) is 1.07. The van der Waals surface area contributed by atoms with E-state index in [2.05, 4.69) is 27.9 Å². The van der Waals surface area contributed by atoms with Gasteiger partial charge in [0.25, 0.3) is 0 Å². The third kappa shape index (κ3) is 2.78. The van der Waals surface area contributed by atoms with Gasteiger partial charge in [0.15, 0.2) is 0 Å². The Morgan fingerprint density at radius 1 is 1.59 bits per heavy atom. The Kier molecular flexibility index (Phi) is 4.01. The van der Waals surface area contributed by atoms with Gasteiger partial charge >= 0.3 is 0 Å². The number of hydrogen-bond donors (Lipinski definition) is 1. The molecule has 2 rings (SSSR count). The molecular weight excluding hydrogens is 300 g/mol. The third-order valence-electron chi connectivity index (χ3n) is 3.07. The highest BCUT2D eigenvalue weighted by Crippen LogP contribution is 2.29. The first-order chi connectivity index (χ1) is 8.09. The molecule has 1 aromatic carbocycles. The summed E-state index contributed by atoms with van der Waals surface area (Å²) in [5.74, 6) is 0. The SMILES string of the molecule is CN(c1ccc(C(N)=S)cc1Br)C1CCOC1. The fourth-order valence-corrected chi connectivity index (χ4v) is 2.76. The maximum Gasteiger partial charge on any atom is 0.104 e. The van der Waals surface area contributed by atoms with Crippen LogP contribution in [-0.2, 0) is 4.74 Å². The highest BCUT2D eigenvalue weighted by atomic mass is 79.9. The molecule has 1 saturated heterocycles. The standard InChI is InChI=1S/C12H15BrN2OS/c1-15(9-4-5-16-7-9)11-3-2-8(12(14)17)6-10(11)13/h2-3,6,9H,4-5,7H2,1H3,(H2,14,17). The summed E-state index contributed by atoms with van der Waals surface area (Å²) in [6, 6.07) is 6.40. The minimum Gasteiger partial charge on any atom is -0.389 e. The van der Waals surface area contributed by atoms with Gasteiger partial charge in [-0.2, -0.15) is 0 Å². The molecule has 2 N–H and O–H groups in total. The van der Waals surface area contributed by atoms with E-state index < -0.39 is 0 Å². The van der Waals surface area contributed by atoms with Crippen LogP contribution >= 0.6 is 28.1 Å². The van der Waals surface area contributed by atoms with E-state index in [9.17, 15) is 0 Å².